The van der Waals surface area contributed by atoms with Gasteiger partial charge in [-0.2, -0.15) is 0 Å². The van der Waals surface area contributed by atoms with Crippen LogP contribution in [0, 0.1) is 0 Å². The molecule has 1 saturated heterocycles. The molecule has 2 rings (SSSR count). The van der Waals surface area contributed by atoms with Gasteiger partial charge in [0, 0.05) is 19.0 Å². The van der Waals surface area contributed by atoms with Gasteiger partial charge in [0.2, 0.25) is 5.91 Å². The summed E-state index contributed by atoms with van der Waals surface area (Å²) in [7, 11) is 0. The quantitative estimate of drug-likeness (QED) is 0.852. The number of carbonyl (C=O) groups excluding carboxylic acids is 1. The molecule has 0 spiro atoms. The van der Waals surface area contributed by atoms with Gasteiger partial charge in [0.15, 0.2) is 4.67 Å². The number of rotatable bonds is 3. The van der Waals surface area contributed by atoms with Crippen molar-refractivity contribution in [3.63, 3.8) is 0 Å². The number of hydrogen-bond acceptors (Lipinski definition) is 3. The van der Waals surface area contributed by atoms with Crippen LogP contribution in [0.3, 0.4) is 0 Å². The maximum Gasteiger partial charge on any atom is 0.221 e. The Labute approximate surface area is 90.2 Å². The fourth-order valence-electron chi connectivity index (χ4n) is 1.44. The van der Waals surface area contributed by atoms with E-state index in [-0.39, 0.29) is 11.9 Å². The lowest BCUT2D eigenvalue weighted by molar-refractivity contribution is -0.119. The first-order valence-corrected chi connectivity index (χ1v) is 5.27. The van der Waals surface area contributed by atoms with Gasteiger partial charge in [-0.3, -0.25) is 4.79 Å². The van der Waals surface area contributed by atoms with Crippen molar-refractivity contribution < 1.29 is 9.21 Å². The van der Waals surface area contributed by atoms with Gasteiger partial charge in [0.05, 0.1) is 6.54 Å². The minimum Gasteiger partial charge on any atom is -0.453 e. The van der Waals surface area contributed by atoms with E-state index < -0.39 is 0 Å². The Morgan fingerprint density at radius 1 is 1.64 bits per heavy atom. The van der Waals surface area contributed by atoms with Crippen LogP contribution in [0.4, 0.5) is 0 Å². The summed E-state index contributed by atoms with van der Waals surface area (Å²) in [6, 6.07) is 3.99. The summed E-state index contributed by atoms with van der Waals surface area (Å²) in [6.45, 7) is 1.37. The van der Waals surface area contributed by atoms with Gasteiger partial charge in [-0.15, -0.1) is 0 Å². The van der Waals surface area contributed by atoms with Gasteiger partial charge in [-0.1, -0.05) is 0 Å². The fraction of sp³-hybridized carbons (Fsp3) is 0.444. The highest BCUT2D eigenvalue weighted by atomic mass is 79.9. The maximum absolute atomic E-state index is 10.9. The molecule has 1 aromatic heterocycles. The van der Waals surface area contributed by atoms with Crippen molar-refractivity contribution >= 4 is 21.8 Å². The van der Waals surface area contributed by atoms with Crippen molar-refractivity contribution in [1.82, 2.24) is 10.6 Å². The second-order valence-corrected chi connectivity index (χ2v) is 4.07. The average molecular weight is 259 g/mol. The van der Waals surface area contributed by atoms with E-state index in [1.54, 1.807) is 0 Å². The minimum atomic E-state index is 0.114. The monoisotopic (exact) mass is 258 g/mol. The molecule has 0 saturated carbocycles. The molecule has 2 heterocycles. The van der Waals surface area contributed by atoms with Crippen LogP contribution in [-0.4, -0.2) is 18.5 Å². The summed E-state index contributed by atoms with van der Waals surface area (Å²) in [5.41, 5.74) is 0. The first-order valence-electron chi connectivity index (χ1n) is 4.48. The van der Waals surface area contributed by atoms with Crippen LogP contribution in [0.5, 0.6) is 0 Å². The predicted octanol–water partition coefficient (Wildman–Crippen LogP) is 1.02. The SMILES string of the molecule is O=C1CC(NCc2ccc(Br)o2)CN1. The van der Waals surface area contributed by atoms with E-state index >= 15 is 0 Å². The van der Waals surface area contributed by atoms with Crippen LogP contribution in [-0.2, 0) is 11.3 Å². The Bertz CT molecular complexity index is 337. The van der Waals surface area contributed by atoms with Crippen molar-refractivity contribution in [2.75, 3.05) is 6.54 Å². The molecular formula is C9H11BrN2O2. The highest BCUT2D eigenvalue weighted by molar-refractivity contribution is 9.10. The van der Waals surface area contributed by atoms with Crippen molar-refractivity contribution in [1.29, 1.82) is 0 Å². The molecule has 76 valence electrons. The minimum absolute atomic E-state index is 0.114. The lowest BCUT2D eigenvalue weighted by atomic mass is 10.2. The Hall–Kier alpha value is -0.810. The Morgan fingerprint density at radius 2 is 2.50 bits per heavy atom. The molecule has 14 heavy (non-hydrogen) atoms. The van der Waals surface area contributed by atoms with E-state index in [9.17, 15) is 4.79 Å². The van der Waals surface area contributed by atoms with Crippen LogP contribution in [0.2, 0.25) is 0 Å². The van der Waals surface area contributed by atoms with E-state index in [1.165, 1.54) is 0 Å². The molecule has 1 aliphatic rings. The summed E-state index contributed by atoms with van der Waals surface area (Å²) < 4.78 is 6.05. The highest BCUT2D eigenvalue weighted by Gasteiger charge is 2.20. The summed E-state index contributed by atoms with van der Waals surface area (Å²) in [6.07, 6.45) is 0.557. The van der Waals surface area contributed by atoms with Gasteiger partial charge >= 0.3 is 0 Å². The molecule has 1 aliphatic heterocycles. The molecule has 0 radical (unpaired) electrons. The third kappa shape index (κ3) is 2.36. The number of furan rings is 1. The lowest BCUT2D eigenvalue weighted by Crippen LogP contribution is -2.30. The Morgan fingerprint density at radius 3 is 3.07 bits per heavy atom. The third-order valence-electron chi connectivity index (χ3n) is 2.17. The topological polar surface area (TPSA) is 54.3 Å². The van der Waals surface area contributed by atoms with E-state index in [0.29, 0.717) is 19.5 Å². The second-order valence-electron chi connectivity index (χ2n) is 3.29. The first-order chi connectivity index (χ1) is 6.74. The number of carbonyl (C=O) groups is 1. The fourth-order valence-corrected chi connectivity index (χ4v) is 1.78. The largest absolute Gasteiger partial charge is 0.453 e. The van der Waals surface area contributed by atoms with Gasteiger partial charge in [0.25, 0.3) is 0 Å². The van der Waals surface area contributed by atoms with Crippen LogP contribution in [0.15, 0.2) is 21.2 Å². The standard InChI is InChI=1S/C9H11BrN2O2/c10-8-2-1-7(14-8)5-11-6-3-9(13)12-4-6/h1-2,6,11H,3-5H2,(H,12,13). The van der Waals surface area contributed by atoms with E-state index in [0.717, 1.165) is 10.4 Å². The average Bonchev–Trinajstić information content (AvgIpc) is 2.72. The van der Waals surface area contributed by atoms with Gasteiger partial charge in [0.1, 0.15) is 5.76 Å². The molecule has 0 bridgehead atoms. The van der Waals surface area contributed by atoms with Crippen LogP contribution < -0.4 is 10.6 Å². The molecule has 2 N–H and O–H groups in total. The molecular weight excluding hydrogens is 248 g/mol. The highest BCUT2D eigenvalue weighted by Crippen LogP contribution is 2.14. The van der Waals surface area contributed by atoms with Crippen LogP contribution >= 0.6 is 15.9 Å². The zero-order valence-corrected chi connectivity index (χ0v) is 9.13. The van der Waals surface area contributed by atoms with Crippen molar-refractivity contribution in [2.24, 2.45) is 0 Å². The molecule has 1 aromatic rings. The van der Waals surface area contributed by atoms with Gasteiger partial charge in [-0.05, 0) is 28.1 Å². The number of hydrogen-bond donors (Lipinski definition) is 2. The van der Waals surface area contributed by atoms with Crippen LogP contribution in [0.1, 0.15) is 12.2 Å². The summed E-state index contributed by atoms with van der Waals surface area (Å²) >= 11 is 3.23. The molecule has 1 fully saturated rings. The molecule has 1 unspecified atom stereocenters. The Balaban J connectivity index is 1.80. The molecule has 1 amide bonds. The molecule has 4 nitrogen and oxygen atoms in total. The predicted molar refractivity (Wildman–Crippen MR) is 54.7 cm³/mol. The molecule has 5 heteroatoms. The number of halogens is 1. The van der Waals surface area contributed by atoms with Crippen molar-refractivity contribution in [3.05, 3.63) is 22.6 Å². The van der Waals surface area contributed by atoms with E-state index in [1.807, 2.05) is 12.1 Å². The van der Waals surface area contributed by atoms with E-state index in [2.05, 4.69) is 26.6 Å². The van der Waals surface area contributed by atoms with E-state index in [4.69, 9.17) is 4.42 Å². The number of nitrogens with one attached hydrogen (secondary N) is 2. The summed E-state index contributed by atoms with van der Waals surface area (Å²) in [5.74, 6) is 0.986. The summed E-state index contributed by atoms with van der Waals surface area (Å²) in [4.78, 5) is 10.9. The summed E-state index contributed by atoms with van der Waals surface area (Å²) in [5, 5.41) is 6.01. The normalized spacial score (nSPS) is 21.2. The van der Waals surface area contributed by atoms with Crippen molar-refractivity contribution in [2.45, 2.75) is 19.0 Å². The third-order valence-corrected chi connectivity index (χ3v) is 2.60. The number of amides is 1. The Kier molecular flexibility index (Phi) is 2.88. The van der Waals surface area contributed by atoms with Gasteiger partial charge < -0.3 is 15.1 Å². The smallest absolute Gasteiger partial charge is 0.221 e. The lowest BCUT2D eigenvalue weighted by Gasteiger charge is -2.07. The molecule has 0 aliphatic carbocycles. The van der Waals surface area contributed by atoms with Crippen molar-refractivity contribution in [3.8, 4) is 0 Å². The zero-order chi connectivity index (χ0) is 9.97. The second kappa shape index (κ2) is 4.14. The van der Waals surface area contributed by atoms with Crippen LogP contribution in [0.25, 0.3) is 0 Å². The molecule has 1 atom stereocenters. The molecule has 0 aromatic carbocycles. The first kappa shape index (κ1) is 9.73. The maximum atomic E-state index is 10.9. The van der Waals surface area contributed by atoms with Gasteiger partial charge in [-0.25, -0.2) is 0 Å². The zero-order valence-electron chi connectivity index (χ0n) is 7.55.